The van der Waals surface area contributed by atoms with Crippen molar-refractivity contribution in [2.75, 3.05) is 14.2 Å². The van der Waals surface area contributed by atoms with E-state index < -0.39 is 0 Å². The SMILES string of the molecule is COc1cc(C(=O)/C(C)=C/c2cn(C(C)=O)c3ccccc23)cc(OC)n1. The van der Waals surface area contributed by atoms with E-state index in [9.17, 15) is 9.59 Å². The lowest BCUT2D eigenvalue weighted by atomic mass is 10.0. The molecule has 0 saturated carbocycles. The summed E-state index contributed by atoms with van der Waals surface area (Å²) in [5.74, 6) is 0.351. The van der Waals surface area contributed by atoms with Crippen molar-refractivity contribution in [3.8, 4) is 11.8 Å². The number of rotatable bonds is 5. The lowest BCUT2D eigenvalue weighted by Gasteiger charge is -2.07. The molecule has 6 heteroatoms. The Labute approximate surface area is 157 Å². The smallest absolute Gasteiger partial charge is 0.227 e. The molecule has 0 fully saturated rings. The molecule has 0 bridgehead atoms. The van der Waals surface area contributed by atoms with Crippen LogP contribution in [0.4, 0.5) is 0 Å². The molecule has 0 saturated heterocycles. The lowest BCUT2D eigenvalue weighted by molar-refractivity contribution is 0.0941. The van der Waals surface area contributed by atoms with Crippen molar-refractivity contribution < 1.29 is 19.1 Å². The minimum Gasteiger partial charge on any atom is -0.481 e. The zero-order valence-electron chi connectivity index (χ0n) is 15.6. The van der Waals surface area contributed by atoms with Gasteiger partial charge in [-0.2, -0.15) is 4.98 Å². The molecule has 3 rings (SSSR count). The first-order chi connectivity index (χ1) is 12.9. The average Bonchev–Trinajstić information content (AvgIpc) is 3.05. The molecule has 0 atom stereocenters. The fourth-order valence-electron chi connectivity index (χ4n) is 2.93. The number of ketones is 1. The number of allylic oxidation sites excluding steroid dienone is 1. The summed E-state index contributed by atoms with van der Waals surface area (Å²) in [6, 6.07) is 10.7. The second kappa shape index (κ2) is 7.45. The Morgan fingerprint density at radius 1 is 1.04 bits per heavy atom. The number of para-hydroxylation sites is 1. The summed E-state index contributed by atoms with van der Waals surface area (Å²) in [6.07, 6.45) is 3.53. The van der Waals surface area contributed by atoms with Gasteiger partial charge in [-0.15, -0.1) is 0 Å². The third-order valence-corrected chi connectivity index (χ3v) is 4.27. The molecule has 1 aromatic carbocycles. The Hall–Kier alpha value is -3.41. The quantitative estimate of drug-likeness (QED) is 0.505. The molecular weight excluding hydrogens is 344 g/mol. The van der Waals surface area contributed by atoms with E-state index in [1.54, 1.807) is 35.9 Å². The maximum Gasteiger partial charge on any atom is 0.227 e. The van der Waals surface area contributed by atoms with Gasteiger partial charge in [-0.1, -0.05) is 18.2 Å². The predicted octanol–water partition coefficient (Wildman–Crippen LogP) is 4.00. The molecular formula is C21H20N2O4. The van der Waals surface area contributed by atoms with Crippen LogP contribution in [0, 0.1) is 0 Å². The number of carbonyl (C=O) groups excluding carboxylic acids is 2. The minimum absolute atomic E-state index is 0.0848. The maximum absolute atomic E-state index is 12.9. The highest BCUT2D eigenvalue weighted by atomic mass is 16.5. The van der Waals surface area contributed by atoms with E-state index in [0.717, 1.165) is 16.5 Å². The van der Waals surface area contributed by atoms with Crippen molar-refractivity contribution in [2.24, 2.45) is 0 Å². The van der Waals surface area contributed by atoms with Gasteiger partial charge in [-0.05, 0) is 24.6 Å². The number of hydrogen-bond donors (Lipinski definition) is 0. The molecule has 0 unspecified atom stereocenters. The minimum atomic E-state index is -0.173. The number of Topliss-reactive ketones (excluding diaryl/α,β-unsaturated/α-hetero) is 1. The molecule has 2 aromatic heterocycles. The van der Waals surface area contributed by atoms with Crippen molar-refractivity contribution in [3.63, 3.8) is 0 Å². The Kier molecular flexibility index (Phi) is 5.07. The normalized spacial score (nSPS) is 11.5. The van der Waals surface area contributed by atoms with Crippen LogP contribution in [-0.4, -0.2) is 35.5 Å². The van der Waals surface area contributed by atoms with Crippen LogP contribution in [0.2, 0.25) is 0 Å². The van der Waals surface area contributed by atoms with Crippen LogP contribution in [0.3, 0.4) is 0 Å². The van der Waals surface area contributed by atoms with E-state index >= 15 is 0 Å². The second-order valence-corrected chi connectivity index (χ2v) is 6.09. The van der Waals surface area contributed by atoms with E-state index in [1.807, 2.05) is 24.3 Å². The summed E-state index contributed by atoms with van der Waals surface area (Å²) in [6.45, 7) is 3.25. The number of benzene rings is 1. The Balaban J connectivity index is 2.05. The van der Waals surface area contributed by atoms with Gasteiger partial charge < -0.3 is 9.47 Å². The number of ether oxygens (including phenoxy) is 2. The Morgan fingerprint density at radius 3 is 2.26 bits per heavy atom. The van der Waals surface area contributed by atoms with Crippen LogP contribution in [0.1, 0.15) is 34.6 Å². The largest absolute Gasteiger partial charge is 0.481 e. The monoisotopic (exact) mass is 364 g/mol. The fraction of sp³-hybridized carbons (Fsp3) is 0.190. The summed E-state index contributed by atoms with van der Waals surface area (Å²) >= 11 is 0. The second-order valence-electron chi connectivity index (χ2n) is 6.09. The van der Waals surface area contributed by atoms with Crippen molar-refractivity contribution >= 4 is 28.7 Å². The summed E-state index contributed by atoms with van der Waals surface area (Å²) in [5.41, 5.74) is 2.56. The number of aromatic nitrogens is 2. The summed E-state index contributed by atoms with van der Waals surface area (Å²) in [7, 11) is 2.96. The maximum atomic E-state index is 12.9. The third kappa shape index (κ3) is 3.60. The zero-order valence-corrected chi connectivity index (χ0v) is 15.6. The molecule has 6 nitrogen and oxygen atoms in total. The van der Waals surface area contributed by atoms with Gasteiger partial charge >= 0.3 is 0 Å². The summed E-state index contributed by atoms with van der Waals surface area (Å²) in [5, 5.41) is 0.907. The fourth-order valence-corrected chi connectivity index (χ4v) is 2.93. The van der Waals surface area contributed by atoms with Crippen LogP contribution in [0.25, 0.3) is 17.0 Å². The van der Waals surface area contributed by atoms with Crippen LogP contribution >= 0.6 is 0 Å². The van der Waals surface area contributed by atoms with E-state index in [2.05, 4.69) is 4.98 Å². The van der Waals surface area contributed by atoms with E-state index in [-0.39, 0.29) is 11.7 Å². The predicted molar refractivity (Wildman–Crippen MR) is 104 cm³/mol. The van der Waals surface area contributed by atoms with Crippen molar-refractivity contribution in [1.29, 1.82) is 0 Å². The highest BCUT2D eigenvalue weighted by Gasteiger charge is 2.15. The van der Waals surface area contributed by atoms with Crippen molar-refractivity contribution in [1.82, 2.24) is 9.55 Å². The van der Waals surface area contributed by atoms with Gasteiger partial charge in [0.05, 0.1) is 19.7 Å². The first kappa shape index (κ1) is 18.4. The molecule has 0 radical (unpaired) electrons. The van der Waals surface area contributed by atoms with Crippen molar-refractivity contribution in [3.05, 3.63) is 59.3 Å². The van der Waals surface area contributed by atoms with Crippen LogP contribution in [0.15, 0.2) is 48.2 Å². The van der Waals surface area contributed by atoms with Crippen molar-refractivity contribution in [2.45, 2.75) is 13.8 Å². The van der Waals surface area contributed by atoms with Gasteiger partial charge in [0.2, 0.25) is 17.7 Å². The highest BCUT2D eigenvalue weighted by molar-refractivity contribution is 6.12. The molecule has 3 aromatic rings. The van der Waals surface area contributed by atoms with Gasteiger partial charge in [0, 0.05) is 41.8 Å². The molecule has 0 N–H and O–H groups in total. The third-order valence-electron chi connectivity index (χ3n) is 4.27. The Morgan fingerprint density at radius 2 is 1.67 bits per heavy atom. The average molecular weight is 364 g/mol. The first-order valence-corrected chi connectivity index (χ1v) is 8.38. The molecule has 0 aliphatic rings. The van der Waals surface area contributed by atoms with E-state index in [0.29, 0.717) is 22.9 Å². The van der Waals surface area contributed by atoms with Gasteiger partial charge in [-0.3, -0.25) is 14.2 Å². The van der Waals surface area contributed by atoms with Gasteiger partial charge in [0.15, 0.2) is 5.78 Å². The first-order valence-electron chi connectivity index (χ1n) is 8.38. The summed E-state index contributed by atoms with van der Waals surface area (Å²) in [4.78, 5) is 28.9. The molecule has 27 heavy (non-hydrogen) atoms. The van der Waals surface area contributed by atoms with Crippen LogP contribution in [0.5, 0.6) is 11.8 Å². The highest BCUT2D eigenvalue weighted by Crippen LogP contribution is 2.25. The van der Waals surface area contributed by atoms with E-state index in [4.69, 9.17) is 9.47 Å². The molecule has 0 spiro atoms. The number of methoxy groups -OCH3 is 2. The Bertz CT molecular complexity index is 1040. The number of hydrogen-bond acceptors (Lipinski definition) is 5. The summed E-state index contributed by atoms with van der Waals surface area (Å²) < 4.78 is 11.8. The standard InChI is InChI=1S/C21H20N2O4/c1-13(21(25)15-10-19(26-3)22-20(11-15)27-4)9-16-12-23(14(2)24)18-8-6-5-7-17(16)18/h5-12H,1-4H3/b13-9+. The van der Waals surface area contributed by atoms with Crippen LogP contribution in [-0.2, 0) is 0 Å². The number of pyridine rings is 1. The zero-order chi connectivity index (χ0) is 19.6. The van der Waals surface area contributed by atoms with Gasteiger partial charge in [-0.25, -0.2) is 0 Å². The number of nitrogens with zero attached hydrogens (tertiary/aromatic N) is 2. The molecule has 0 aliphatic heterocycles. The van der Waals surface area contributed by atoms with Crippen LogP contribution < -0.4 is 9.47 Å². The number of fused-ring (bicyclic) bond motifs is 1. The molecule has 2 heterocycles. The lowest BCUT2D eigenvalue weighted by Crippen LogP contribution is -2.04. The molecule has 138 valence electrons. The van der Waals surface area contributed by atoms with E-state index in [1.165, 1.54) is 21.1 Å². The molecule has 0 amide bonds. The topological polar surface area (TPSA) is 70.4 Å². The number of carbonyl (C=O) groups is 2. The van der Waals surface area contributed by atoms with Gasteiger partial charge in [0.1, 0.15) is 0 Å². The molecule has 0 aliphatic carbocycles. The van der Waals surface area contributed by atoms with Gasteiger partial charge in [0.25, 0.3) is 0 Å².